The van der Waals surface area contributed by atoms with Crippen LogP contribution >= 0.6 is 23.2 Å². The summed E-state index contributed by atoms with van der Waals surface area (Å²) in [6.45, 7) is 7.14. The Morgan fingerprint density at radius 3 is 2.25 bits per heavy atom. The van der Waals surface area contributed by atoms with Gasteiger partial charge < -0.3 is 15.1 Å². The van der Waals surface area contributed by atoms with E-state index < -0.39 is 0 Å². The van der Waals surface area contributed by atoms with Crippen molar-refractivity contribution in [2.45, 2.75) is 63.7 Å². The molecule has 5 nitrogen and oxygen atoms in total. The van der Waals surface area contributed by atoms with Gasteiger partial charge in [0, 0.05) is 37.0 Å². The van der Waals surface area contributed by atoms with Gasteiger partial charge in [-0.2, -0.15) is 0 Å². The molecule has 0 bridgehead atoms. The maximum Gasteiger partial charge on any atom is 0.253 e. The number of nitrogens with one attached hydrogen (secondary N) is 1. The largest absolute Gasteiger partial charge is 0.356 e. The van der Waals surface area contributed by atoms with E-state index in [1.54, 1.807) is 0 Å². The first-order chi connectivity index (χ1) is 21.3. The average Bonchev–Trinajstić information content (AvgIpc) is 3.06. The molecule has 0 aromatic heterocycles. The minimum Gasteiger partial charge on any atom is -0.356 e. The number of nitrogens with zero attached hydrogens (tertiary/aromatic N) is 2. The number of likely N-dealkylation sites (tertiary alicyclic amines) is 2. The number of carbonyl (C=O) groups excluding carboxylic acids is 2. The maximum atomic E-state index is 13.5. The minimum atomic E-state index is -0.172. The van der Waals surface area contributed by atoms with E-state index in [0.29, 0.717) is 23.0 Å². The third kappa shape index (κ3) is 8.04. The standard InChI is InChI=1S/C37H45Cl2N3O2/c1-2-34(43)40-27-36(26-29-11-5-3-6-12-29)19-23-41(24-20-36)21-9-17-37(31-15-16-32(38)33(39)25-31)18-10-22-42(28-37)35(44)30-13-7-4-8-14-30/h3-8,11-16,25H,2,9-10,17-24,26-28H2,1H3,(H,40,43). The fourth-order valence-corrected chi connectivity index (χ4v) is 7.52. The summed E-state index contributed by atoms with van der Waals surface area (Å²) >= 11 is 12.9. The van der Waals surface area contributed by atoms with E-state index >= 15 is 0 Å². The van der Waals surface area contributed by atoms with Crippen molar-refractivity contribution in [2.24, 2.45) is 5.41 Å². The summed E-state index contributed by atoms with van der Waals surface area (Å²) in [5.41, 5.74) is 3.14. The van der Waals surface area contributed by atoms with Gasteiger partial charge in [0.2, 0.25) is 5.91 Å². The fraction of sp³-hybridized carbons (Fsp3) is 0.459. The van der Waals surface area contributed by atoms with E-state index in [1.807, 2.05) is 54.3 Å². The van der Waals surface area contributed by atoms with Gasteiger partial charge in [-0.25, -0.2) is 0 Å². The molecule has 0 spiro atoms. The van der Waals surface area contributed by atoms with Gasteiger partial charge in [0.15, 0.2) is 0 Å². The molecular weight excluding hydrogens is 589 g/mol. The molecule has 2 amide bonds. The number of piperidine rings is 2. The predicted octanol–water partition coefficient (Wildman–Crippen LogP) is 7.80. The molecule has 0 aliphatic carbocycles. The molecule has 44 heavy (non-hydrogen) atoms. The van der Waals surface area contributed by atoms with E-state index in [1.165, 1.54) is 11.1 Å². The Hall–Kier alpha value is -2.86. The lowest BCUT2D eigenvalue weighted by atomic mass is 9.70. The first kappa shape index (κ1) is 32.5. The lowest BCUT2D eigenvalue weighted by molar-refractivity contribution is -0.121. The molecule has 0 radical (unpaired) electrons. The van der Waals surface area contributed by atoms with Gasteiger partial charge in [0.05, 0.1) is 10.0 Å². The Balaban J connectivity index is 1.26. The van der Waals surface area contributed by atoms with Crippen LogP contribution in [0.4, 0.5) is 0 Å². The molecular formula is C37H45Cl2N3O2. The highest BCUT2D eigenvalue weighted by Crippen LogP contribution is 2.41. The Morgan fingerprint density at radius 1 is 0.864 bits per heavy atom. The lowest BCUT2D eigenvalue weighted by Gasteiger charge is -2.45. The van der Waals surface area contributed by atoms with Crippen LogP contribution in [0.25, 0.3) is 0 Å². The number of hydrogen-bond acceptors (Lipinski definition) is 3. The molecule has 1 atom stereocenters. The third-order valence-corrected chi connectivity index (χ3v) is 10.6. The lowest BCUT2D eigenvalue weighted by Crippen LogP contribution is -2.49. The molecule has 3 aromatic carbocycles. The van der Waals surface area contributed by atoms with Crippen molar-refractivity contribution in [1.29, 1.82) is 0 Å². The van der Waals surface area contributed by atoms with Gasteiger partial charge in [-0.15, -0.1) is 0 Å². The topological polar surface area (TPSA) is 52.7 Å². The van der Waals surface area contributed by atoms with Crippen molar-refractivity contribution in [2.75, 3.05) is 39.3 Å². The van der Waals surface area contributed by atoms with Gasteiger partial charge in [0.1, 0.15) is 0 Å². The Morgan fingerprint density at radius 2 is 1.57 bits per heavy atom. The van der Waals surface area contributed by atoms with Gasteiger partial charge in [-0.1, -0.05) is 84.7 Å². The van der Waals surface area contributed by atoms with Crippen LogP contribution < -0.4 is 5.32 Å². The molecule has 234 valence electrons. The number of rotatable bonds is 11. The van der Waals surface area contributed by atoms with Crippen molar-refractivity contribution < 1.29 is 9.59 Å². The van der Waals surface area contributed by atoms with Crippen molar-refractivity contribution >= 4 is 35.0 Å². The monoisotopic (exact) mass is 633 g/mol. The summed E-state index contributed by atoms with van der Waals surface area (Å²) in [6.07, 6.45) is 7.59. The molecule has 2 fully saturated rings. The SMILES string of the molecule is CCC(=O)NCC1(Cc2ccccc2)CCN(CCCC2(c3ccc(Cl)c(Cl)c3)CCCN(C(=O)c3ccccc3)C2)CC1. The van der Waals surface area contributed by atoms with Crippen LogP contribution in [-0.2, 0) is 16.6 Å². The van der Waals surface area contributed by atoms with Gasteiger partial charge in [0.25, 0.3) is 5.91 Å². The summed E-state index contributed by atoms with van der Waals surface area (Å²) < 4.78 is 0. The van der Waals surface area contributed by atoms with Crippen molar-refractivity contribution in [1.82, 2.24) is 15.1 Å². The third-order valence-electron chi connectivity index (χ3n) is 9.87. The summed E-state index contributed by atoms with van der Waals surface area (Å²) in [4.78, 5) is 30.3. The molecule has 2 saturated heterocycles. The second-order valence-electron chi connectivity index (χ2n) is 12.8. The van der Waals surface area contributed by atoms with Gasteiger partial charge in [-0.3, -0.25) is 9.59 Å². The first-order valence-electron chi connectivity index (χ1n) is 16.1. The zero-order chi connectivity index (χ0) is 31.0. The Bertz CT molecular complexity index is 1390. The van der Waals surface area contributed by atoms with Crippen LogP contribution in [0.15, 0.2) is 78.9 Å². The molecule has 2 aliphatic rings. The van der Waals surface area contributed by atoms with Crippen molar-refractivity contribution in [3.05, 3.63) is 106 Å². The quantitative estimate of drug-likeness (QED) is 0.234. The highest BCUT2D eigenvalue weighted by atomic mass is 35.5. The van der Waals surface area contributed by atoms with E-state index in [9.17, 15) is 9.59 Å². The maximum absolute atomic E-state index is 13.5. The number of hydrogen-bond donors (Lipinski definition) is 1. The molecule has 7 heteroatoms. The van der Waals surface area contributed by atoms with Crippen LogP contribution in [0.2, 0.25) is 10.0 Å². The van der Waals surface area contributed by atoms with Crippen LogP contribution in [0.1, 0.15) is 73.4 Å². The molecule has 3 aromatic rings. The summed E-state index contributed by atoms with van der Waals surface area (Å²) in [5, 5.41) is 4.33. The van der Waals surface area contributed by atoms with Crippen LogP contribution in [0.3, 0.4) is 0 Å². The zero-order valence-electron chi connectivity index (χ0n) is 25.9. The summed E-state index contributed by atoms with van der Waals surface area (Å²) in [5.74, 6) is 0.218. The molecule has 1 unspecified atom stereocenters. The van der Waals surface area contributed by atoms with Gasteiger partial charge in [-0.05, 0) is 105 Å². The van der Waals surface area contributed by atoms with Crippen LogP contribution in [-0.4, -0.2) is 60.9 Å². The molecule has 1 N–H and O–H groups in total. The summed E-state index contributed by atoms with van der Waals surface area (Å²) in [7, 11) is 0. The van der Waals surface area contributed by atoms with E-state index in [0.717, 1.165) is 83.2 Å². The molecule has 0 saturated carbocycles. The number of halogens is 2. The zero-order valence-corrected chi connectivity index (χ0v) is 27.4. The summed E-state index contributed by atoms with van der Waals surface area (Å²) in [6, 6.07) is 26.3. The number of amides is 2. The molecule has 2 aliphatic heterocycles. The van der Waals surface area contributed by atoms with Gasteiger partial charge >= 0.3 is 0 Å². The first-order valence-corrected chi connectivity index (χ1v) is 16.9. The smallest absolute Gasteiger partial charge is 0.253 e. The average molecular weight is 635 g/mol. The van der Waals surface area contributed by atoms with E-state index in [-0.39, 0.29) is 22.6 Å². The second-order valence-corrected chi connectivity index (χ2v) is 13.7. The van der Waals surface area contributed by atoms with Crippen LogP contribution in [0, 0.1) is 5.41 Å². The van der Waals surface area contributed by atoms with Crippen molar-refractivity contribution in [3.63, 3.8) is 0 Å². The normalized spacial score (nSPS) is 20.3. The Kier molecular flexibility index (Phi) is 11.1. The van der Waals surface area contributed by atoms with E-state index in [4.69, 9.17) is 23.2 Å². The fourth-order valence-electron chi connectivity index (χ4n) is 7.23. The molecule has 2 heterocycles. The van der Waals surface area contributed by atoms with Crippen molar-refractivity contribution in [3.8, 4) is 0 Å². The highest BCUT2D eigenvalue weighted by molar-refractivity contribution is 6.42. The Labute approximate surface area is 272 Å². The molecule has 5 rings (SSSR count). The highest BCUT2D eigenvalue weighted by Gasteiger charge is 2.40. The minimum absolute atomic E-state index is 0.0750. The predicted molar refractivity (Wildman–Crippen MR) is 181 cm³/mol. The second kappa shape index (κ2) is 14.9. The number of carbonyl (C=O) groups is 2. The van der Waals surface area contributed by atoms with Crippen LogP contribution in [0.5, 0.6) is 0 Å². The number of benzene rings is 3. The van der Waals surface area contributed by atoms with E-state index in [2.05, 4.69) is 46.6 Å².